The van der Waals surface area contributed by atoms with Crippen molar-refractivity contribution in [1.29, 1.82) is 0 Å². The molecule has 0 aromatic carbocycles. The number of carbonyl (C=O) groups is 2. The van der Waals surface area contributed by atoms with Gasteiger partial charge in [0, 0.05) is 5.92 Å². The lowest BCUT2D eigenvalue weighted by Gasteiger charge is -1.94. The van der Waals surface area contributed by atoms with Crippen molar-refractivity contribution in [1.82, 2.24) is 0 Å². The molecule has 1 atom stereocenters. The van der Waals surface area contributed by atoms with Crippen LogP contribution in [0, 0.1) is 5.92 Å². The Bertz CT molecular complexity index is 191. The molecule has 0 amide bonds. The molecule has 48 valence electrons. The van der Waals surface area contributed by atoms with Crippen LogP contribution in [0.5, 0.6) is 0 Å². The van der Waals surface area contributed by atoms with Crippen LogP contribution in [0.3, 0.4) is 0 Å². The quantitative estimate of drug-likeness (QED) is 0.352. The first-order chi connectivity index (χ1) is 4.13. The Hall–Kier alpha value is -0.920. The van der Waals surface area contributed by atoms with Gasteiger partial charge in [0.1, 0.15) is 5.78 Å². The Morgan fingerprint density at radius 1 is 1.56 bits per heavy atom. The van der Waals surface area contributed by atoms with Crippen molar-refractivity contribution in [3.05, 3.63) is 12.2 Å². The highest BCUT2D eigenvalue weighted by molar-refractivity contribution is 6.17. The first kappa shape index (κ1) is 6.20. The maximum absolute atomic E-state index is 10.7. The van der Waals surface area contributed by atoms with E-state index in [1.807, 2.05) is 0 Å². The minimum atomic E-state index is -0.225. The van der Waals surface area contributed by atoms with Gasteiger partial charge in [-0.05, 0) is 5.57 Å². The molecule has 0 radical (unpaired) electrons. The molecule has 0 bridgehead atoms. The lowest BCUT2D eigenvalue weighted by atomic mass is 10.1. The van der Waals surface area contributed by atoms with E-state index in [0.29, 0.717) is 5.57 Å². The first-order valence-corrected chi connectivity index (χ1v) is 2.87. The van der Waals surface area contributed by atoms with E-state index in [0.717, 1.165) is 0 Å². The first-order valence-electron chi connectivity index (χ1n) is 2.87. The second kappa shape index (κ2) is 1.79. The number of carbonyl (C=O) groups excluding carboxylic acids is 2. The number of Topliss-reactive ketones (excluding diaryl/α,β-unsaturated/α-hetero) is 2. The molecule has 0 unspecified atom stereocenters. The molecular formula is C7H8O2. The molecule has 0 saturated heterocycles. The van der Waals surface area contributed by atoms with Gasteiger partial charge in [-0.25, -0.2) is 0 Å². The van der Waals surface area contributed by atoms with E-state index in [1.165, 1.54) is 0 Å². The lowest BCUT2D eigenvalue weighted by Crippen LogP contribution is -2.00. The molecule has 1 aliphatic rings. The monoisotopic (exact) mass is 124 g/mol. The van der Waals surface area contributed by atoms with Crippen molar-refractivity contribution >= 4 is 11.6 Å². The molecule has 1 rings (SSSR count). The van der Waals surface area contributed by atoms with Crippen LogP contribution in [0.1, 0.15) is 13.3 Å². The van der Waals surface area contributed by atoms with Gasteiger partial charge in [0.15, 0.2) is 5.78 Å². The van der Waals surface area contributed by atoms with Crippen LogP contribution in [0.2, 0.25) is 0 Å². The average Bonchev–Trinajstić information content (AvgIpc) is 1.98. The highest BCUT2D eigenvalue weighted by Gasteiger charge is 2.30. The zero-order valence-electron chi connectivity index (χ0n) is 5.31. The molecule has 0 aromatic heterocycles. The van der Waals surface area contributed by atoms with Gasteiger partial charge in [-0.15, -0.1) is 0 Å². The number of ketones is 2. The van der Waals surface area contributed by atoms with Crippen LogP contribution < -0.4 is 0 Å². The maximum Gasteiger partial charge on any atom is 0.166 e. The van der Waals surface area contributed by atoms with Crippen LogP contribution in [0.25, 0.3) is 0 Å². The number of rotatable bonds is 0. The highest BCUT2D eigenvalue weighted by atomic mass is 16.2. The standard InChI is InChI=1S/C7H8O2/c1-4-5(2)7(9)3-6(4)8/h5H,1,3H2,2H3/t5-/m1/s1. The van der Waals surface area contributed by atoms with Crippen molar-refractivity contribution in [3.8, 4) is 0 Å². The average molecular weight is 124 g/mol. The molecule has 0 heterocycles. The summed E-state index contributed by atoms with van der Waals surface area (Å²) >= 11 is 0. The SMILES string of the molecule is C=C1C(=O)CC(=O)[C@@H]1C. The molecule has 0 spiro atoms. The number of hydrogen-bond acceptors (Lipinski definition) is 2. The Labute approximate surface area is 53.6 Å². The van der Waals surface area contributed by atoms with Gasteiger partial charge in [-0.3, -0.25) is 9.59 Å². The van der Waals surface area contributed by atoms with Crippen LogP contribution in [-0.4, -0.2) is 11.6 Å². The molecule has 0 aliphatic heterocycles. The summed E-state index contributed by atoms with van der Waals surface area (Å²) in [7, 11) is 0. The molecule has 2 heteroatoms. The normalized spacial score (nSPS) is 27.7. The van der Waals surface area contributed by atoms with Crippen LogP contribution in [-0.2, 0) is 9.59 Å². The molecule has 1 saturated carbocycles. The summed E-state index contributed by atoms with van der Waals surface area (Å²) in [5.41, 5.74) is 0.472. The van der Waals surface area contributed by atoms with Gasteiger partial charge in [0.25, 0.3) is 0 Å². The highest BCUT2D eigenvalue weighted by Crippen LogP contribution is 2.21. The second-order valence-electron chi connectivity index (χ2n) is 2.31. The Kier molecular flexibility index (Phi) is 1.24. The summed E-state index contributed by atoms with van der Waals surface area (Å²) in [4.78, 5) is 21.4. The fraction of sp³-hybridized carbons (Fsp3) is 0.429. The van der Waals surface area contributed by atoms with Gasteiger partial charge in [-0.1, -0.05) is 13.5 Å². The maximum atomic E-state index is 10.7. The summed E-state index contributed by atoms with van der Waals surface area (Å²) in [6.45, 7) is 5.21. The zero-order valence-corrected chi connectivity index (χ0v) is 5.31. The molecule has 1 fully saturated rings. The van der Waals surface area contributed by atoms with Crippen LogP contribution in [0.4, 0.5) is 0 Å². The molecule has 1 aliphatic carbocycles. The van der Waals surface area contributed by atoms with Gasteiger partial charge in [0.05, 0.1) is 6.42 Å². The van der Waals surface area contributed by atoms with Crippen molar-refractivity contribution in [3.63, 3.8) is 0 Å². The fourth-order valence-electron chi connectivity index (χ4n) is 0.861. The predicted octanol–water partition coefficient (Wildman–Crippen LogP) is 0.721. The molecular weight excluding hydrogens is 116 g/mol. The minimum absolute atomic E-state index is 0.00463. The zero-order chi connectivity index (χ0) is 7.02. The van der Waals surface area contributed by atoms with E-state index in [1.54, 1.807) is 6.92 Å². The van der Waals surface area contributed by atoms with E-state index >= 15 is 0 Å². The summed E-state index contributed by atoms with van der Waals surface area (Å²) < 4.78 is 0. The predicted molar refractivity (Wildman–Crippen MR) is 32.9 cm³/mol. The third kappa shape index (κ3) is 0.803. The molecule has 0 N–H and O–H groups in total. The largest absolute Gasteiger partial charge is 0.299 e. The van der Waals surface area contributed by atoms with Crippen molar-refractivity contribution in [2.45, 2.75) is 13.3 Å². The van der Waals surface area contributed by atoms with Gasteiger partial charge >= 0.3 is 0 Å². The Morgan fingerprint density at radius 2 is 2.11 bits per heavy atom. The third-order valence-electron chi connectivity index (χ3n) is 1.70. The summed E-state index contributed by atoms with van der Waals surface area (Å²) in [6, 6.07) is 0. The Balaban J connectivity index is 2.90. The van der Waals surface area contributed by atoms with E-state index in [9.17, 15) is 9.59 Å². The van der Waals surface area contributed by atoms with E-state index in [4.69, 9.17) is 0 Å². The lowest BCUT2D eigenvalue weighted by molar-refractivity contribution is -0.122. The minimum Gasteiger partial charge on any atom is -0.299 e. The topological polar surface area (TPSA) is 34.1 Å². The van der Waals surface area contributed by atoms with Crippen molar-refractivity contribution < 1.29 is 9.59 Å². The second-order valence-corrected chi connectivity index (χ2v) is 2.31. The van der Waals surface area contributed by atoms with Crippen LogP contribution >= 0.6 is 0 Å². The summed E-state index contributed by atoms with van der Waals surface area (Å²) in [5, 5.41) is 0. The summed E-state index contributed by atoms with van der Waals surface area (Å²) in [5.74, 6) is -0.310. The van der Waals surface area contributed by atoms with Crippen molar-refractivity contribution in [2.75, 3.05) is 0 Å². The molecule has 0 aromatic rings. The van der Waals surface area contributed by atoms with Gasteiger partial charge in [-0.2, -0.15) is 0 Å². The number of hydrogen-bond donors (Lipinski definition) is 0. The Morgan fingerprint density at radius 3 is 2.22 bits per heavy atom. The molecule has 2 nitrogen and oxygen atoms in total. The number of allylic oxidation sites excluding steroid dienone is 1. The van der Waals surface area contributed by atoms with E-state index in [2.05, 4.69) is 6.58 Å². The third-order valence-corrected chi connectivity index (χ3v) is 1.70. The smallest absolute Gasteiger partial charge is 0.166 e. The van der Waals surface area contributed by atoms with E-state index < -0.39 is 0 Å². The fourth-order valence-corrected chi connectivity index (χ4v) is 0.861. The van der Waals surface area contributed by atoms with E-state index in [-0.39, 0.29) is 23.9 Å². The summed E-state index contributed by atoms with van der Waals surface area (Å²) in [6.07, 6.45) is 0.0694. The van der Waals surface area contributed by atoms with Gasteiger partial charge < -0.3 is 0 Å². The van der Waals surface area contributed by atoms with Gasteiger partial charge in [0.2, 0.25) is 0 Å². The van der Waals surface area contributed by atoms with Crippen LogP contribution in [0.15, 0.2) is 12.2 Å². The van der Waals surface area contributed by atoms with Crippen molar-refractivity contribution in [2.24, 2.45) is 5.92 Å². The molecule has 9 heavy (non-hydrogen) atoms.